The van der Waals surface area contributed by atoms with Crippen LogP contribution in [0.4, 0.5) is 0 Å². The molecule has 2 unspecified atom stereocenters. The highest BCUT2D eigenvalue weighted by atomic mass is 28.4. The third-order valence-corrected chi connectivity index (χ3v) is 9.79. The van der Waals surface area contributed by atoms with E-state index in [4.69, 9.17) is 4.12 Å². The van der Waals surface area contributed by atoms with E-state index in [1.165, 1.54) is 5.19 Å². The van der Waals surface area contributed by atoms with Crippen molar-refractivity contribution in [1.29, 1.82) is 5.26 Å². The molecule has 0 heterocycles. The summed E-state index contributed by atoms with van der Waals surface area (Å²) >= 11 is 0. The van der Waals surface area contributed by atoms with Crippen LogP contribution >= 0.6 is 0 Å². The van der Waals surface area contributed by atoms with Gasteiger partial charge in [-0.2, -0.15) is 5.26 Å². The Bertz CT molecular complexity index is 363. The molecule has 1 aromatic rings. The van der Waals surface area contributed by atoms with Crippen molar-refractivity contribution in [2.24, 2.45) is 0 Å². The Morgan fingerprint density at radius 2 is 2.06 bits per heavy atom. The van der Waals surface area contributed by atoms with Crippen molar-refractivity contribution in [3.8, 4) is 6.07 Å². The minimum absolute atomic E-state index is 0.0670. The van der Waals surface area contributed by atoms with Crippen molar-refractivity contribution in [2.75, 3.05) is 0 Å². The molecular formula is C12H19NOSi2. The molecular weight excluding hydrogens is 230 g/mol. The van der Waals surface area contributed by atoms with Crippen molar-refractivity contribution < 1.29 is 4.12 Å². The first-order valence-electron chi connectivity index (χ1n) is 5.69. The number of benzene rings is 1. The maximum atomic E-state index is 9.31. The summed E-state index contributed by atoms with van der Waals surface area (Å²) in [6, 6.07) is 12.7. The average Bonchev–Trinajstić information content (AvgIpc) is 2.36. The molecule has 0 N–H and O–H groups in total. The summed E-state index contributed by atoms with van der Waals surface area (Å²) in [7, 11) is -1.35. The van der Waals surface area contributed by atoms with Crippen LogP contribution in [0, 0.1) is 11.3 Å². The number of rotatable bonds is 5. The molecule has 0 aliphatic rings. The Morgan fingerprint density at radius 1 is 1.44 bits per heavy atom. The van der Waals surface area contributed by atoms with Gasteiger partial charge in [0.15, 0.2) is 0 Å². The highest BCUT2D eigenvalue weighted by Gasteiger charge is 2.38. The van der Waals surface area contributed by atoms with Gasteiger partial charge in [-0.3, -0.25) is 0 Å². The molecule has 2 nitrogen and oxygen atoms in total. The first-order chi connectivity index (χ1) is 7.69. The fraction of sp³-hybridized carbons (Fsp3) is 0.417. The van der Waals surface area contributed by atoms with Gasteiger partial charge in [0, 0.05) is 0 Å². The minimum atomic E-state index is -2.05. The SMILES string of the molecule is CCCC(C#N)[Si](C)(O[SiH3])c1ccccc1. The second kappa shape index (κ2) is 5.99. The van der Waals surface area contributed by atoms with Gasteiger partial charge in [0.05, 0.1) is 11.6 Å². The first-order valence-corrected chi connectivity index (χ1v) is 8.99. The van der Waals surface area contributed by atoms with Crippen LogP contribution in [-0.2, 0) is 4.12 Å². The molecule has 0 amide bonds. The van der Waals surface area contributed by atoms with Crippen LogP contribution in [0.1, 0.15) is 19.8 Å². The van der Waals surface area contributed by atoms with E-state index >= 15 is 0 Å². The molecule has 0 spiro atoms. The fourth-order valence-electron chi connectivity index (χ4n) is 1.98. The van der Waals surface area contributed by atoms with Crippen LogP contribution in [0.5, 0.6) is 0 Å². The lowest BCUT2D eigenvalue weighted by molar-refractivity contribution is 0.588. The number of hydrogen-bond donors (Lipinski definition) is 0. The van der Waals surface area contributed by atoms with Crippen molar-refractivity contribution in [3.63, 3.8) is 0 Å². The molecule has 0 radical (unpaired) electrons. The van der Waals surface area contributed by atoms with Crippen LogP contribution < -0.4 is 5.19 Å². The molecule has 4 heteroatoms. The highest BCUT2D eigenvalue weighted by molar-refractivity contribution is 6.89. The first kappa shape index (κ1) is 13.2. The van der Waals surface area contributed by atoms with Gasteiger partial charge >= 0.3 is 0 Å². The van der Waals surface area contributed by atoms with Crippen molar-refractivity contribution in [2.45, 2.75) is 31.9 Å². The third kappa shape index (κ3) is 2.61. The van der Waals surface area contributed by atoms with Gasteiger partial charge in [-0.25, -0.2) is 0 Å². The number of hydrogen-bond acceptors (Lipinski definition) is 2. The van der Waals surface area contributed by atoms with Crippen LogP contribution in [-0.4, -0.2) is 18.8 Å². The van der Waals surface area contributed by atoms with Gasteiger partial charge in [-0.05, 0) is 18.2 Å². The highest BCUT2D eigenvalue weighted by Crippen LogP contribution is 2.26. The number of nitriles is 1. The average molecular weight is 249 g/mol. The second-order valence-corrected chi connectivity index (χ2v) is 9.27. The summed E-state index contributed by atoms with van der Waals surface area (Å²) in [6.07, 6.45) is 1.98. The Morgan fingerprint density at radius 3 is 2.50 bits per heavy atom. The predicted octanol–water partition coefficient (Wildman–Crippen LogP) is 1.46. The maximum absolute atomic E-state index is 9.31. The summed E-state index contributed by atoms with van der Waals surface area (Å²) in [4.78, 5) is 0. The lowest BCUT2D eigenvalue weighted by atomic mass is 10.3. The molecule has 16 heavy (non-hydrogen) atoms. The van der Waals surface area contributed by atoms with Gasteiger partial charge in [-0.1, -0.05) is 43.7 Å². The van der Waals surface area contributed by atoms with E-state index in [9.17, 15) is 5.26 Å². The summed E-state index contributed by atoms with van der Waals surface area (Å²) < 4.78 is 5.88. The van der Waals surface area contributed by atoms with Crippen molar-refractivity contribution >= 4 is 24.0 Å². The topological polar surface area (TPSA) is 33.0 Å². The summed E-state index contributed by atoms with van der Waals surface area (Å²) in [5.74, 6) is 0. The van der Waals surface area contributed by atoms with Crippen molar-refractivity contribution in [1.82, 2.24) is 0 Å². The van der Waals surface area contributed by atoms with Gasteiger partial charge in [0.2, 0.25) is 8.32 Å². The van der Waals surface area contributed by atoms with Gasteiger partial charge < -0.3 is 4.12 Å². The zero-order valence-corrected chi connectivity index (χ0v) is 13.2. The quantitative estimate of drug-likeness (QED) is 0.740. The van der Waals surface area contributed by atoms with Crippen LogP contribution in [0.25, 0.3) is 0 Å². The zero-order chi connectivity index (χ0) is 12.0. The lowest BCUT2D eigenvalue weighted by Crippen LogP contribution is -2.51. The molecule has 86 valence electrons. The number of nitrogens with zero attached hydrogens (tertiary/aromatic N) is 1. The van der Waals surface area contributed by atoms with Crippen LogP contribution in [0.15, 0.2) is 30.3 Å². The van der Waals surface area contributed by atoms with E-state index in [2.05, 4.69) is 31.7 Å². The van der Waals surface area contributed by atoms with E-state index < -0.39 is 8.32 Å². The normalized spacial score (nSPS) is 16.3. The Hall–Kier alpha value is -0.896. The van der Waals surface area contributed by atoms with E-state index in [1.54, 1.807) is 0 Å². The van der Waals surface area contributed by atoms with E-state index in [0.717, 1.165) is 12.8 Å². The summed E-state index contributed by atoms with van der Waals surface area (Å²) in [6.45, 7) is 4.29. The van der Waals surface area contributed by atoms with Crippen molar-refractivity contribution in [3.05, 3.63) is 30.3 Å². The third-order valence-electron chi connectivity index (χ3n) is 3.17. The standard InChI is InChI=1S/C12H19NOSi2/c1-3-7-12(10-13)16(2,14-15)11-8-5-4-6-9-11/h4-6,8-9,12H,3,7H2,1-2,15H3. The fourth-order valence-corrected chi connectivity index (χ4v) is 6.41. The monoisotopic (exact) mass is 249 g/mol. The largest absolute Gasteiger partial charge is 0.460 e. The van der Waals surface area contributed by atoms with E-state index in [-0.39, 0.29) is 5.54 Å². The summed E-state index contributed by atoms with van der Waals surface area (Å²) in [5.41, 5.74) is 0.0670. The predicted molar refractivity (Wildman–Crippen MR) is 73.0 cm³/mol. The Labute approximate surface area is 102 Å². The molecule has 0 bridgehead atoms. The maximum Gasteiger partial charge on any atom is 0.225 e. The molecule has 2 atom stereocenters. The minimum Gasteiger partial charge on any atom is -0.460 e. The van der Waals surface area contributed by atoms with Gasteiger partial charge in [0.25, 0.3) is 0 Å². The Balaban J connectivity index is 3.06. The van der Waals surface area contributed by atoms with Gasteiger partial charge in [-0.15, -0.1) is 0 Å². The van der Waals surface area contributed by atoms with Gasteiger partial charge in [0.1, 0.15) is 10.5 Å². The molecule has 1 aromatic carbocycles. The van der Waals surface area contributed by atoms with Crippen LogP contribution in [0.3, 0.4) is 0 Å². The molecule has 0 aliphatic carbocycles. The molecule has 0 aromatic heterocycles. The van der Waals surface area contributed by atoms with E-state index in [1.807, 2.05) is 18.2 Å². The molecule has 0 saturated heterocycles. The molecule has 0 fully saturated rings. The molecule has 0 saturated carbocycles. The molecule has 1 rings (SSSR count). The Kier molecular flexibility index (Phi) is 4.93. The zero-order valence-electron chi connectivity index (χ0n) is 10.2. The molecule has 0 aliphatic heterocycles. The second-order valence-electron chi connectivity index (χ2n) is 4.15. The smallest absolute Gasteiger partial charge is 0.225 e. The lowest BCUT2D eigenvalue weighted by Gasteiger charge is -2.30. The summed E-state index contributed by atoms with van der Waals surface area (Å²) in [5, 5.41) is 10.5. The van der Waals surface area contributed by atoms with Crippen LogP contribution in [0.2, 0.25) is 12.1 Å². The van der Waals surface area contributed by atoms with E-state index in [0.29, 0.717) is 10.5 Å².